The van der Waals surface area contributed by atoms with Crippen LogP contribution >= 0.6 is 0 Å². The monoisotopic (exact) mass is 392 g/mol. The molecule has 5 aromatic rings. The first-order valence-corrected chi connectivity index (χ1v) is 10.0. The molecule has 1 aliphatic rings. The Labute approximate surface area is 173 Å². The van der Waals surface area contributed by atoms with Gasteiger partial charge < -0.3 is 4.74 Å². The number of ether oxygens (including phenoxy) is 1. The molecule has 0 saturated heterocycles. The van der Waals surface area contributed by atoms with Crippen molar-refractivity contribution in [1.82, 2.24) is 14.6 Å². The number of benzene rings is 3. The van der Waals surface area contributed by atoms with Gasteiger partial charge in [-0.05, 0) is 23.1 Å². The summed E-state index contributed by atoms with van der Waals surface area (Å²) in [6.07, 6.45) is 3.92. The standard InChI is InChI=1S/C25H20N4O/c1-25(2)18-12-11-15-7-4-5-8-17(15)22(18)27-23(25)16-13-26-24-21-19(28-29(24)14-16)9-6-10-20(21)30-3/h4-14H,1-3H3. The van der Waals surface area contributed by atoms with E-state index in [4.69, 9.17) is 19.8 Å². The van der Waals surface area contributed by atoms with Crippen molar-refractivity contribution in [2.75, 3.05) is 7.11 Å². The molecular weight excluding hydrogens is 372 g/mol. The van der Waals surface area contributed by atoms with Crippen molar-refractivity contribution in [3.8, 4) is 5.75 Å². The fourth-order valence-electron chi connectivity index (χ4n) is 4.59. The van der Waals surface area contributed by atoms with Gasteiger partial charge in [-0.2, -0.15) is 5.10 Å². The molecule has 3 heterocycles. The summed E-state index contributed by atoms with van der Waals surface area (Å²) in [5.41, 5.74) is 5.70. The average molecular weight is 392 g/mol. The summed E-state index contributed by atoms with van der Waals surface area (Å²) in [7, 11) is 1.67. The third-order valence-electron chi connectivity index (χ3n) is 6.13. The van der Waals surface area contributed by atoms with Crippen LogP contribution in [0.3, 0.4) is 0 Å². The maximum atomic E-state index is 5.52. The highest BCUT2D eigenvalue weighted by molar-refractivity contribution is 6.15. The van der Waals surface area contributed by atoms with Crippen LogP contribution in [0.4, 0.5) is 5.69 Å². The zero-order chi connectivity index (χ0) is 20.5. The minimum Gasteiger partial charge on any atom is -0.496 e. The molecule has 0 radical (unpaired) electrons. The fraction of sp³-hybridized carbons (Fsp3) is 0.160. The van der Waals surface area contributed by atoms with E-state index in [1.54, 1.807) is 7.11 Å². The second-order valence-corrected chi connectivity index (χ2v) is 8.23. The van der Waals surface area contributed by atoms with Crippen LogP contribution in [0, 0.1) is 0 Å². The van der Waals surface area contributed by atoms with Gasteiger partial charge >= 0.3 is 0 Å². The maximum absolute atomic E-state index is 5.52. The molecular formula is C25H20N4O. The number of nitrogens with zero attached hydrogens (tertiary/aromatic N) is 4. The van der Waals surface area contributed by atoms with E-state index in [1.165, 1.54) is 16.3 Å². The number of methoxy groups -OCH3 is 1. The van der Waals surface area contributed by atoms with Gasteiger partial charge in [-0.25, -0.2) is 9.50 Å². The Balaban J connectivity index is 1.57. The largest absolute Gasteiger partial charge is 0.496 e. The number of rotatable bonds is 2. The molecule has 0 N–H and O–H groups in total. The van der Waals surface area contributed by atoms with Crippen molar-refractivity contribution in [1.29, 1.82) is 0 Å². The van der Waals surface area contributed by atoms with Gasteiger partial charge in [-0.1, -0.05) is 56.3 Å². The van der Waals surface area contributed by atoms with Crippen molar-refractivity contribution in [2.24, 2.45) is 4.99 Å². The zero-order valence-electron chi connectivity index (χ0n) is 17.0. The Hall–Kier alpha value is -3.73. The van der Waals surface area contributed by atoms with Crippen LogP contribution in [-0.2, 0) is 5.41 Å². The molecule has 0 spiro atoms. The fourth-order valence-corrected chi connectivity index (χ4v) is 4.59. The SMILES string of the molecule is COc1cccc2nn3cc(C4=Nc5c(ccc6ccccc56)C4(C)C)cnc3c12. The van der Waals surface area contributed by atoms with Crippen LogP contribution in [-0.4, -0.2) is 27.4 Å². The number of hydrogen-bond donors (Lipinski definition) is 0. The van der Waals surface area contributed by atoms with Gasteiger partial charge in [0.15, 0.2) is 5.65 Å². The van der Waals surface area contributed by atoms with Crippen LogP contribution < -0.4 is 4.74 Å². The molecule has 5 nitrogen and oxygen atoms in total. The molecule has 146 valence electrons. The Morgan fingerprint density at radius 3 is 2.70 bits per heavy atom. The summed E-state index contributed by atoms with van der Waals surface area (Å²) in [5, 5.41) is 8.03. The van der Waals surface area contributed by atoms with E-state index >= 15 is 0 Å². The molecule has 0 aliphatic carbocycles. The van der Waals surface area contributed by atoms with Crippen molar-refractivity contribution < 1.29 is 4.74 Å². The van der Waals surface area contributed by atoms with Crippen molar-refractivity contribution >= 4 is 38.7 Å². The third kappa shape index (κ3) is 2.20. The zero-order valence-corrected chi connectivity index (χ0v) is 17.0. The van der Waals surface area contributed by atoms with Gasteiger partial charge in [-0.3, -0.25) is 4.99 Å². The third-order valence-corrected chi connectivity index (χ3v) is 6.13. The molecule has 0 bridgehead atoms. The summed E-state index contributed by atoms with van der Waals surface area (Å²) in [5.74, 6) is 0.778. The van der Waals surface area contributed by atoms with Gasteiger partial charge in [-0.15, -0.1) is 0 Å². The first kappa shape index (κ1) is 17.2. The van der Waals surface area contributed by atoms with Gasteiger partial charge in [0.2, 0.25) is 0 Å². The molecule has 2 aromatic heterocycles. The lowest BCUT2D eigenvalue weighted by Gasteiger charge is -2.22. The first-order valence-electron chi connectivity index (χ1n) is 10.0. The van der Waals surface area contributed by atoms with E-state index in [0.29, 0.717) is 0 Å². The van der Waals surface area contributed by atoms with Gasteiger partial charge in [0.05, 0.1) is 29.4 Å². The number of aliphatic imine (C=N–C) groups is 1. The molecule has 0 fully saturated rings. The second-order valence-electron chi connectivity index (χ2n) is 8.23. The van der Waals surface area contributed by atoms with E-state index in [9.17, 15) is 0 Å². The second kappa shape index (κ2) is 5.89. The lowest BCUT2D eigenvalue weighted by Crippen LogP contribution is -2.26. The van der Waals surface area contributed by atoms with Crippen molar-refractivity contribution in [3.63, 3.8) is 0 Å². The molecule has 6 rings (SSSR count). The summed E-state index contributed by atoms with van der Waals surface area (Å²) >= 11 is 0. The predicted octanol–water partition coefficient (Wildman–Crippen LogP) is 5.46. The molecule has 30 heavy (non-hydrogen) atoms. The van der Waals surface area contributed by atoms with Gasteiger partial charge in [0.1, 0.15) is 5.75 Å². The molecule has 0 atom stereocenters. The van der Waals surface area contributed by atoms with E-state index in [1.807, 2.05) is 35.1 Å². The molecule has 0 unspecified atom stereocenters. The molecule has 0 saturated carbocycles. The number of fused-ring (bicyclic) bond motifs is 6. The smallest absolute Gasteiger partial charge is 0.166 e. The normalized spacial score (nSPS) is 15.0. The van der Waals surface area contributed by atoms with Crippen LogP contribution in [0.25, 0.3) is 27.3 Å². The lowest BCUT2D eigenvalue weighted by atomic mass is 9.79. The number of aromatic nitrogens is 3. The highest BCUT2D eigenvalue weighted by Gasteiger charge is 2.37. The minimum absolute atomic E-state index is 0.223. The maximum Gasteiger partial charge on any atom is 0.166 e. The Morgan fingerprint density at radius 1 is 0.967 bits per heavy atom. The highest BCUT2D eigenvalue weighted by Crippen LogP contribution is 2.45. The summed E-state index contributed by atoms with van der Waals surface area (Å²) < 4.78 is 7.36. The van der Waals surface area contributed by atoms with E-state index < -0.39 is 0 Å². The van der Waals surface area contributed by atoms with Crippen LogP contribution in [0.15, 0.2) is 72.0 Å². The van der Waals surface area contributed by atoms with E-state index in [0.717, 1.165) is 39.3 Å². The lowest BCUT2D eigenvalue weighted by molar-refractivity contribution is 0.420. The molecule has 5 heteroatoms. The summed E-state index contributed by atoms with van der Waals surface area (Å²) in [6.45, 7) is 4.44. The quantitative estimate of drug-likeness (QED) is 0.401. The first-order chi connectivity index (χ1) is 14.6. The Morgan fingerprint density at radius 2 is 1.83 bits per heavy atom. The minimum atomic E-state index is -0.223. The predicted molar refractivity (Wildman–Crippen MR) is 120 cm³/mol. The van der Waals surface area contributed by atoms with Crippen molar-refractivity contribution in [2.45, 2.75) is 19.3 Å². The van der Waals surface area contributed by atoms with Crippen LogP contribution in [0.2, 0.25) is 0 Å². The molecule has 0 amide bonds. The van der Waals surface area contributed by atoms with Crippen LogP contribution in [0.5, 0.6) is 5.75 Å². The van der Waals surface area contributed by atoms with E-state index in [2.05, 4.69) is 50.2 Å². The van der Waals surface area contributed by atoms with Gasteiger partial charge in [0, 0.05) is 28.8 Å². The molecule has 3 aromatic carbocycles. The Kier molecular flexibility index (Phi) is 3.37. The summed E-state index contributed by atoms with van der Waals surface area (Å²) in [4.78, 5) is 9.86. The molecule has 1 aliphatic heterocycles. The number of hydrogen-bond acceptors (Lipinski definition) is 4. The highest BCUT2D eigenvalue weighted by atomic mass is 16.5. The average Bonchev–Trinajstić information content (AvgIpc) is 3.27. The summed E-state index contributed by atoms with van der Waals surface area (Å²) in [6, 6.07) is 18.6. The van der Waals surface area contributed by atoms with Crippen LogP contribution in [0.1, 0.15) is 25.0 Å². The topological polar surface area (TPSA) is 51.8 Å². The Bertz CT molecular complexity index is 1510. The van der Waals surface area contributed by atoms with E-state index in [-0.39, 0.29) is 5.41 Å². The van der Waals surface area contributed by atoms with Gasteiger partial charge in [0.25, 0.3) is 0 Å². The van der Waals surface area contributed by atoms with Crippen molar-refractivity contribution in [3.05, 3.63) is 78.1 Å².